The monoisotopic (exact) mass is 1850 g/mol. The lowest BCUT2D eigenvalue weighted by atomic mass is 9.85. The fraction of sp³-hybridized carbons (Fsp3) is 0.0159. The van der Waals surface area contributed by atoms with E-state index in [1.807, 2.05) is 30.3 Å². The summed E-state index contributed by atoms with van der Waals surface area (Å²) in [5.74, 6) is 0. The van der Waals surface area contributed by atoms with Crippen LogP contribution in [0.3, 0.4) is 0 Å². The van der Waals surface area contributed by atoms with Gasteiger partial charge in [-0.25, -0.2) is 0 Å². The van der Waals surface area contributed by atoms with Crippen LogP contribution in [0.25, 0.3) is 87.6 Å². The van der Waals surface area contributed by atoms with Crippen LogP contribution in [-0.2, 0) is 0 Å². The number of hydrogen-bond acceptors (Lipinski definition) is 6. The highest BCUT2D eigenvalue weighted by molar-refractivity contribution is 9.10. The zero-order chi connectivity index (χ0) is 90.5. The van der Waals surface area contributed by atoms with Gasteiger partial charge in [-0.1, -0.05) is 340 Å². The minimum absolute atomic E-state index is 1.07. The highest BCUT2D eigenvalue weighted by Gasteiger charge is 2.24. The largest absolute Gasteiger partial charge is 0.356 e. The second-order valence-electron chi connectivity index (χ2n) is 33.2. The number of nitrogens with zero attached hydrogens (tertiary/aromatic N) is 5. The van der Waals surface area contributed by atoms with Gasteiger partial charge in [-0.05, 0) is 332 Å². The Morgan fingerprint density at radius 3 is 0.545 bits per heavy atom. The number of fused-ring (bicyclic) bond motifs is 4. The predicted octanol–water partition coefficient (Wildman–Crippen LogP) is 37.6. The van der Waals surface area contributed by atoms with E-state index in [1.165, 1.54) is 98.7 Å². The zero-order valence-corrected chi connectivity index (χ0v) is 77.4. The van der Waals surface area contributed by atoms with E-state index < -0.39 is 0 Å². The first kappa shape index (κ1) is 85.7. The van der Waals surface area contributed by atoms with Crippen LogP contribution in [-0.4, -0.2) is 0 Å². The maximum Gasteiger partial charge on any atom is 0.0463 e. The third-order valence-electron chi connectivity index (χ3n) is 24.5. The van der Waals surface area contributed by atoms with Crippen molar-refractivity contribution in [3.05, 3.63) is 548 Å². The van der Waals surface area contributed by atoms with Crippen molar-refractivity contribution in [3.8, 4) is 44.5 Å². The van der Waals surface area contributed by atoms with Crippen molar-refractivity contribution in [3.63, 3.8) is 0 Å². The summed E-state index contributed by atoms with van der Waals surface area (Å²) in [6.07, 6.45) is 0. The lowest BCUT2D eigenvalue weighted by Gasteiger charge is -2.28. The van der Waals surface area contributed by atoms with Crippen molar-refractivity contribution in [2.24, 2.45) is 0 Å². The Hall–Kier alpha value is -16.4. The van der Waals surface area contributed by atoms with Crippen LogP contribution >= 0.6 is 31.9 Å². The normalized spacial score (nSPS) is 11.0. The average molecular weight is 1850 g/mol. The number of anilines is 17. The number of benzene rings is 22. The molecule has 0 aliphatic heterocycles. The maximum atomic E-state index is 3.57. The molecule has 22 rings (SSSR count). The SMILES string of the molecule is Cc1ccc2c(-c3ccc(Br)cc3)c3ccccc3c(-c3ccc(Br)cc3)c2c1.Cc1ccc2c(-c3ccc(N(c4ccccc4)c4ccc(N(c5ccccc5)c5ccccc5)cc4)cc3)c3ccccc3c(-c3ccc(N(c4ccccc4)c4ccc(N(c5ccccc5)c5ccccc5)cc4)cc3)c2c1.c1ccc(Nc2ccc(N(c3ccccc3)c3ccccc3)cc2)cc1. The molecule has 0 heterocycles. The van der Waals surface area contributed by atoms with Crippen molar-refractivity contribution in [2.45, 2.75) is 13.8 Å². The molecule has 0 saturated heterocycles. The summed E-state index contributed by atoms with van der Waals surface area (Å²) in [4.78, 5) is 11.5. The van der Waals surface area contributed by atoms with Gasteiger partial charge in [0.25, 0.3) is 0 Å². The van der Waals surface area contributed by atoms with Crippen LogP contribution in [0, 0.1) is 13.8 Å². The molecule has 6 nitrogen and oxygen atoms in total. The third kappa shape index (κ3) is 18.6. The van der Waals surface area contributed by atoms with Crippen LogP contribution in [0.15, 0.2) is 537 Å². The average Bonchev–Trinajstić information content (AvgIpc) is 0.739. The Balaban J connectivity index is 0.000000163. The summed E-state index contributed by atoms with van der Waals surface area (Å²) in [6, 6.07) is 188. The van der Waals surface area contributed by atoms with E-state index in [9.17, 15) is 0 Å². The van der Waals surface area contributed by atoms with Crippen LogP contribution in [0.2, 0.25) is 0 Å². The topological polar surface area (TPSA) is 28.2 Å². The van der Waals surface area contributed by atoms with Crippen LogP contribution in [0.5, 0.6) is 0 Å². The first-order chi connectivity index (χ1) is 66.1. The molecule has 0 aliphatic carbocycles. The van der Waals surface area contributed by atoms with Gasteiger partial charge in [0.2, 0.25) is 0 Å². The van der Waals surface area contributed by atoms with Crippen LogP contribution < -0.4 is 29.8 Å². The molecule has 134 heavy (non-hydrogen) atoms. The lowest BCUT2D eigenvalue weighted by Crippen LogP contribution is -2.12. The van der Waals surface area contributed by atoms with Crippen molar-refractivity contribution in [2.75, 3.05) is 29.8 Å². The number of nitrogens with one attached hydrogen (secondary N) is 1. The summed E-state index contributed by atoms with van der Waals surface area (Å²) in [5, 5.41) is 13.5. The number of aryl methyl sites for hydroxylation is 2. The molecule has 22 aromatic rings. The highest BCUT2D eigenvalue weighted by atomic mass is 79.9. The van der Waals surface area contributed by atoms with Crippen LogP contribution in [0.4, 0.5) is 96.7 Å². The molecule has 1 N–H and O–H groups in total. The second kappa shape index (κ2) is 39.9. The van der Waals surface area contributed by atoms with Gasteiger partial charge in [0, 0.05) is 106 Å². The standard InChI is InChI=1S/C75H56N4.C27H18Br2.C24H20N2/c1-55-36-53-72-73(54-55)75(57-39-43-65(44-40-57)79(63-32-18-7-19-33-63)69-51-47-67(48-52-69)77(60-26-12-4-13-27-60)61-28-14-5-15-29-61)71-35-21-20-34-70(71)74(72)56-37-41-64(42-38-56)78(62-30-16-6-17-31-62)68-49-45-66(46-50-68)76(58-22-8-2-9-23-58)59-24-10-3-11-25-59;1-17-6-15-24-25(16-17)27(19-9-13-21(29)14-10-19)23-5-3-2-4-22(23)26(24)18-7-11-20(28)12-8-18;1-4-10-20(11-5-1)25-21-16-18-24(19-17-21)26(22-12-6-2-7-13-22)23-14-8-3-9-15-23/h2-54H,1H3;2-16H,1H3;1-19,25H. The van der Waals surface area contributed by atoms with E-state index >= 15 is 0 Å². The first-order valence-corrected chi connectivity index (χ1v) is 46.9. The Morgan fingerprint density at radius 1 is 0.149 bits per heavy atom. The number of halogens is 2. The Kier molecular flexibility index (Phi) is 25.5. The van der Waals surface area contributed by atoms with Crippen LogP contribution in [0.1, 0.15) is 11.1 Å². The van der Waals surface area contributed by atoms with Gasteiger partial charge in [-0.3, -0.25) is 0 Å². The van der Waals surface area contributed by atoms with E-state index in [0.29, 0.717) is 0 Å². The van der Waals surface area contributed by atoms with Gasteiger partial charge in [0.05, 0.1) is 0 Å². The summed E-state index contributed by atoms with van der Waals surface area (Å²) in [5.41, 5.74) is 31.0. The molecule has 0 aliphatic rings. The van der Waals surface area contributed by atoms with Gasteiger partial charge < -0.3 is 29.8 Å². The molecule has 0 spiro atoms. The predicted molar refractivity (Wildman–Crippen MR) is 579 cm³/mol. The molecule has 0 fully saturated rings. The molecule has 0 bridgehead atoms. The Morgan fingerprint density at radius 2 is 0.313 bits per heavy atom. The minimum atomic E-state index is 1.07. The fourth-order valence-corrected chi connectivity index (χ4v) is 18.9. The molecular weight excluding hydrogens is 1760 g/mol. The minimum Gasteiger partial charge on any atom is -0.356 e. The molecule has 0 saturated carbocycles. The molecular formula is C126H94Br2N6. The fourth-order valence-electron chi connectivity index (χ4n) is 18.4. The van der Waals surface area contributed by atoms with E-state index in [-0.39, 0.29) is 0 Å². The third-order valence-corrected chi connectivity index (χ3v) is 25.5. The van der Waals surface area contributed by atoms with Gasteiger partial charge in [-0.2, -0.15) is 0 Å². The van der Waals surface area contributed by atoms with Gasteiger partial charge >= 0.3 is 0 Å². The van der Waals surface area contributed by atoms with E-state index in [1.54, 1.807) is 0 Å². The second-order valence-corrected chi connectivity index (χ2v) is 35.1. The van der Waals surface area contributed by atoms with Crippen molar-refractivity contribution in [1.29, 1.82) is 0 Å². The highest BCUT2D eigenvalue weighted by Crippen LogP contribution is 2.50. The summed E-state index contributed by atoms with van der Waals surface area (Å²) in [7, 11) is 0. The van der Waals surface area contributed by atoms with E-state index in [4.69, 9.17) is 0 Å². The van der Waals surface area contributed by atoms with E-state index in [2.05, 4.69) is 573 Å². The zero-order valence-electron chi connectivity index (χ0n) is 74.2. The lowest BCUT2D eigenvalue weighted by molar-refractivity contribution is 1.26. The smallest absolute Gasteiger partial charge is 0.0463 e. The molecule has 0 amide bonds. The maximum absolute atomic E-state index is 3.57. The molecule has 0 unspecified atom stereocenters. The molecule has 0 radical (unpaired) electrons. The van der Waals surface area contributed by atoms with Crippen molar-refractivity contribution >= 4 is 172 Å². The molecule has 22 aromatic carbocycles. The number of hydrogen-bond donors (Lipinski definition) is 1. The Bertz CT molecular complexity index is 7590. The molecule has 8 heteroatoms. The molecule has 0 atom stereocenters. The number of para-hydroxylation sites is 9. The van der Waals surface area contributed by atoms with E-state index in [0.717, 1.165) is 106 Å². The van der Waals surface area contributed by atoms with Gasteiger partial charge in [0.1, 0.15) is 0 Å². The summed E-state index contributed by atoms with van der Waals surface area (Å²) in [6.45, 7) is 4.36. The van der Waals surface area contributed by atoms with Crippen molar-refractivity contribution in [1.82, 2.24) is 0 Å². The van der Waals surface area contributed by atoms with Gasteiger partial charge in [-0.15, -0.1) is 0 Å². The quantitative estimate of drug-likeness (QED) is 0.0721. The first-order valence-electron chi connectivity index (χ1n) is 45.3. The number of rotatable bonds is 21. The Labute approximate surface area is 801 Å². The van der Waals surface area contributed by atoms with Crippen molar-refractivity contribution < 1.29 is 0 Å². The molecule has 0 aromatic heterocycles. The summed E-state index contributed by atoms with van der Waals surface area (Å²) < 4.78 is 2.19. The molecule has 642 valence electrons. The summed E-state index contributed by atoms with van der Waals surface area (Å²) >= 11 is 7.14. The van der Waals surface area contributed by atoms with Gasteiger partial charge in [0.15, 0.2) is 0 Å².